The van der Waals surface area contributed by atoms with Crippen molar-refractivity contribution >= 4 is 0 Å². The summed E-state index contributed by atoms with van der Waals surface area (Å²) >= 11 is 0. The minimum Gasteiger partial charge on any atom is -0.325 e. The second-order valence-electron chi connectivity index (χ2n) is 3.80. The van der Waals surface area contributed by atoms with Gasteiger partial charge in [-0.2, -0.15) is 0 Å². The fourth-order valence-corrected chi connectivity index (χ4v) is 1.31. The van der Waals surface area contributed by atoms with E-state index in [1.165, 1.54) is 0 Å². The van der Waals surface area contributed by atoms with E-state index >= 15 is 0 Å². The van der Waals surface area contributed by atoms with Gasteiger partial charge in [0.15, 0.2) is 0 Å². The van der Waals surface area contributed by atoms with Crippen molar-refractivity contribution in [2.45, 2.75) is 27.2 Å². The molecule has 1 unspecified atom stereocenters. The van der Waals surface area contributed by atoms with Crippen LogP contribution >= 0.6 is 0 Å². The Kier molecular flexibility index (Phi) is 3.89. The van der Waals surface area contributed by atoms with Crippen molar-refractivity contribution in [1.82, 2.24) is 4.90 Å². The van der Waals surface area contributed by atoms with Crippen LogP contribution in [0, 0.1) is 5.92 Å². The molecule has 0 saturated carbocycles. The molecule has 0 amide bonds. The molecule has 2 heteroatoms. The molecule has 0 saturated heterocycles. The minimum atomic E-state index is -0.159. The van der Waals surface area contributed by atoms with E-state index in [2.05, 4.69) is 6.58 Å². The molecule has 15 heavy (non-hydrogen) atoms. The lowest BCUT2D eigenvalue weighted by Crippen LogP contribution is -2.07. The fraction of sp³-hybridized carbons (Fsp3) is 0.385. The summed E-state index contributed by atoms with van der Waals surface area (Å²) in [5, 5.41) is 0. The molecule has 0 N–H and O–H groups in total. The van der Waals surface area contributed by atoms with Crippen LogP contribution in [0.5, 0.6) is 0 Å². The second-order valence-corrected chi connectivity index (χ2v) is 3.80. The molecule has 0 aromatic rings. The first-order valence-corrected chi connectivity index (χ1v) is 5.25. The number of halogens is 1. The molecule has 1 rings (SSSR count). The molecule has 1 heterocycles. The summed E-state index contributed by atoms with van der Waals surface area (Å²) in [5.41, 5.74) is 1.99. The normalized spacial score (nSPS) is 18.0. The highest BCUT2D eigenvalue weighted by molar-refractivity contribution is 5.27. The van der Waals surface area contributed by atoms with Crippen molar-refractivity contribution in [3.8, 4) is 0 Å². The van der Waals surface area contributed by atoms with Gasteiger partial charge in [0.25, 0.3) is 0 Å². The van der Waals surface area contributed by atoms with Gasteiger partial charge in [-0.25, -0.2) is 4.39 Å². The zero-order chi connectivity index (χ0) is 11.4. The Bertz CT molecular complexity index is 330. The van der Waals surface area contributed by atoms with Crippen LogP contribution in [0.3, 0.4) is 0 Å². The van der Waals surface area contributed by atoms with E-state index in [4.69, 9.17) is 0 Å². The maximum absolute atomic E-state index is 13.2. The Balaban J connectivity index is 2.61. The summed E-state index contributed by atoms with van der Waals surface area (Å²) in [4.78, 5) is 1.96. The highest BCUT2D eigenvalue weighted by Gasteiger charge is 2.17. The molecule has 1 aliphatic rings. The van der Waals surface area contributed by atoms with Gasteiger partial charge >= 0.3 is 0 Å². The number of hydrogen-bond acceptors (Lipinski definition) is 1. The second kappa shape index (κ2) is 4.96. The van der Waals surface area contributed by atoms with Crippen LogP contribution in [0.2, 0.25) is 0 Å². The quantitative estimate of drug-likeness (QED) is 0.612. The average molecular weight is 207 g/mol. The zero-order valence-corrected chi connectivity index (χ0v) is 9.63. The molecule has 0 radical (unpaired) electrons. The molecule has 1 atom stereocenters. The summed E-state index contributed by atoms with van der Waals surface area (Å²) < 4.78 is 13.2. The largest absolute Gasteiger partial charge is 0.325 e. The SMILES string of the molecule is C=C(C(C)/C(C)=C/C(F)=C\CC)N1C=C1. The molecule has 0 spiro atoms. The van der Waals surface area contributed by atoms with Gasteiger partial charge in [0.05, 0.1) is 0 Å². The van der Waals surface area contributed by atoms with E-state index in [1.54, 1.807) is 12.2 Å². The van der Waals surface area contributed by atoms with Gasteiger partial charge in [-0.05, 0) is 25.5 Å². The summed E-state index contributed by atoms with van der Waals surface area (Å²) in [7, 11) is 0. The van der Waals surface area contributed by atoms with Gasteiger partial charge in [0.1, 0.15) is 5.83 Å². The van der Waals surface area contributed by atoms with Crippen molar-refractivity contribution in [2.24, 2.45) is 5.92 Å². The molecule has 82 valence electrons. The van der Waals surface area contributed by atoms with E-state index < -0.39 is 0 Å². The molecular formula is C13H18FN. The van der Waals surface area contributed by atoms with Crippen molar-refractivity contribution in [3.05, 3.63) is 48.2 Å². The maximum atomic E-state index is 13.2. The minimum absolute atomic E-state index is 0.159. The molecule has 1 nitrogen and oxygen atoms in total. The van der Waals surface area contributed by atoms with Crippen LogP contribution in [0.1, 0.15) is 27.2 Å². The lowest BCUT2D eigenvalue weighted by atomic mass is 9.99. The average Bonchev–Trinajstić information content (AvgIpc) is 2.99. The van der Waals surface area contributed by atoms with E-state index in [0.717, 1.165) is 17.7 Å². The highest BCUT2D eigenvalue weighted by Crippen LogP contribution is 2.27. The first kappa shape index (κ1) is 11.8. The van der Waals surface area contributed by atoms with Crippen molar-refractivity contribution in [2.75, 3.05) is 0 Å². The summed E-state index contributed by atoms with van der Waals surface area (Å²) in [6.45, 7) is 9.86. The summed E-state index contributed by atoms with van der Waals surface area (Å²) in [5.74, 6) is 0.0180. The topological polar surface area (TPSA) is 3.01 Å². The Hall–Kier alpha value is -1.31. The smallest absolute Gasteiger partial charge is 0.119 e. The third-order valence-corrected chi connectivity index (χ3v) is 2.58. The number of allylic oxidation sites excluding steroid dienone is 4. The standard InChI is InChI=1S/C13H18FN/c1-5-6-13(14)9-10(2)11(3)12(4)15-7-8-15/h6-9,11H,4-5H2,1-3H3/b10-9+,13-6+. The van der Waals surface area contributed by atoms with Gasteiger partial charge < -0.3 is 4.90 Å². The van der Waals surface area contributed by atoms with Crippen molar-refractivity contribution in [3.63, 3.8) is 0 Å². The summed E-state index contributed by atoms with van der Waals surface area (Å²) in [6, 6.07) is 0. The number of nitrogens with zero attached hydrogens (tertiary/aromatic N) is 1. The molecule has 0 aliphatic carbocycles. The van der Waals surface area contributed by atoms with Gasteiger partial charge in [-0.1, -0.05) is 26.0 Å². The lowest BCUT2D eigenvalue weighted by molar-refractivity contribution is 0.611. The Morgan fingerprint density at radius 3 is 2.60 bits per heavy atom. The summed E-state index contributed by atoms with van der Waals surface area (Å²) in [6.07, 6.45) is 7.78. The zero-order valence-electron chi connectivity index (χ0n) is 9.63. The third kappa shape index (κ3) is 3.39. The molecule has 0 aromatic heterocycles. The maximum Gasteiger partial charge on any atom is 0.119 e. The monoisotopic (exact) mass is 207 g/mol. The Morgan fingerprint density at radius 1 is 1.53 bits per heavy atom. The first-order valence-electron chi connectivity index (χ1n) is 5.25. The van der Waals surface area contributed by atoms with E-state index in [1.807, 2.05) is 38.1 Å². The third-order valence-electron chi connectivity index (χ3n) is 2.58. The van der Waals surface area contributed by atoms with Gasteiger partial charge in [0.2, 0.25) is 0 Å². The molecule has 0 bridgehead atoms. The van der Waals surface area contributed by atoms with Crippen LogP contribution in [-0.2, 0) is 0 Å². The Labute approximate surface area is 91.3 Å². The van der Waals surface area contributed by atoms with E-state index in [0.29, 0.717) is 0 Å². The van der Waals surface area contributed by atoms with Crippen LogP contribution in [0.4, 0.5) is 4.39 Å². The lowest BCUT2D eigenvalue weighted by Gasteiger charge is -2.16. The highest BCUT2D eigenvalue weighted by atomic mass is 19.1. The molecule has 0 fully saturated rings. The van der Waals surface area contributed by atoms with Crippen molar-refractivity contribution < 1.29 is 4.39 Å². The predicted octanol–water partition coefficient (Wildman–Crippen LogP) is 4.13. The van der Waals surface area contributed by atoms with Gasteiger partial charge in [-0.3, -0.25) is 0 Å². The number of rotatable bonds is 5. The first-order chi connectivity index (χ1) is 7.06. The van der Waals surface area contributed by atoms with Crippen molar-refractivity contribution in [1.29, 1.82) is 0 Å². The van der Waals surface area contributed by atoms with E-state index in [9.17, 15) is 4.39 Å². The van der Waals surface area contributed by atoms with Crippen LogP contribution in [-0.4, -0.2) is 4.90 Å². The van der Waals surface area contributed by atoms with Crippen LogP contribution < -0.4 is 0 Å². The van der Waals surface area contributed by atoms with Gasteiger partial charge in [-0.15, -0.1) is 0 Å². The predicted molar refractivity (Wildman–Crippen MR) is 62.5 cm³/mol. The number of hydrogen-bond donors (Lipinski definition) is 0. The molecule has 0 aromatic carbocycles. The Morgan fingerprint density at radius 2 is 2.13 bits per heavy atom. The van der Waals surface area contributed by atoms with E-state index in [-0.39, 0.29) is 11.7 Å². The van der Waals surface area contributed by atoms with Crippen LogP contribution in [0.25, 0.3) is 0 Å². The fourth-order valence-electron chi connectivity index (χ4n) is 1.31. The van der Waals surface area contributed by atoms with Gasteiger partial charge in [0, 0.05) is 24.0 Å². The van der Waals surface area contributed by atoms with Crippen LogP contribution in [0.15, 0.2) is 48.2 Å². The molecular weight excluding hydrogens is 189 g/mol. The molecule has 1 aliphatic heterocycles.